The molecule has 6 nitrogen and oxygen atoms in total. The molecule has 0 aliphatic rings. The molecule has 0 aromatic carbocycles. The van der Waals surface area contributed by atoms with Gasteiger partial charge < -0.3 is 10.2 Å². The smallest absolute Gasteiger partial charge is 0.352 e. The van der Waals surface area contributed by atoms with E-state index in [4.69, 9.17) is 10.2 Å². The van der Waals surface area contributed by atoms with E-state index in [1.807, 2.05) is 0 Å². The minimum Gasteiger partial charge on any atom is -0.477 e. The Morgan fingerprint density at radius 3 is 1.06 bits per heavy atom. The summed E-state index contributed by atoms with van der Waals surface area (Å²) < 4.78 is 0. The quantitative estimate of drug-likeness (QED) is 0.596. The fourth-order valence-electron chi connectivity index (χ4n) is 1.13. The van der Waals surface area contributed by atoms with Crippen LogP contribution in [0.2, 0.25) is 0 Å². The molecule has 6 heteroatoms. The van der Waals surface area contributed by atoms with Crippen LogP contribution in [0.25, 0.3) is 0 Å². The van der Waals surface area contributed by atoms with Crippen molar-refractivity contribution in [2.45, 2.75) is 41.5 Å². The molecule has 0 atom stereocenters. The summed E-state index contributed by atoms with van der Waals surface area (Å²) in [5.74, 6) is -2.41. The Balaban J connectivity index is 5.64. The molecule has 18 heavy (non-hydrogen) atoms. The van der Waals surface area contributed by atoms with Crippen LogP contribution in [-0.2, 0) is 9.59 Å². The van der Waals surface area contributed by atoms with Crippen LogP contribution in [-0.4, -0.2) is 33.6 Å². The van der Waals surface area contributed by atoms with Crippen molar-refractivity contribution in [1.29, 1.82) is 0 Å². The Labute approximate surface area is 106 Å². The first-order valence-electron chi connectivity index (χ1n) is 5.50. The molecule has 0 heterocycles. The third-order valence-electron chi connectivity index (χ3n) is 2.08. The van der Waals surface area contributed by atoms with Crippen LogP contribution in [0.5, 0.6) is 0 Å². The molecule has 0 saturated carbocycles. The number of carboxylic acids is 2. The van der Waals surface area contributed by atoms with Crippen molar-refractivity contribution >= 4 is 23.4 Å². The van der Waals surface area contributed by atoms with E-state index < -0.39 is 22.8 Å². The molecule has 0 amide bonds. The van der Waals surface area contributed by atoms with Gasteiger partial charge in [-0.05, 0) is 0 Å². The molecule has 0 spiro atoms. The first-order valence-corrected chi connectivity index (χ1v) is 5.50. The number of carbonyl (C=O) groups is 2. The van der Waals surface area contributed by atoms with Gasteiger partial charge in [0.15, 0.2) is 11.4 Å². The average Bonchev–Trinajstić information content (AvgIpc) is 2.05. The Kier molecular flexibility index (Phi) is 4.78. The molecule has 0 rings (SSSR count). The summed E-state index contributed by atoms with van der Waals surface area (Å²) in [6, 6.07) is 0. The van der Waals surface area contributed by atoms with Crippen LogP contribution in [0.1, 0.15) is 41.5 Å². The van der Waals surface area contributed by atoms with Crippen LogP contribution in [0, 0.1) is 10.8 Å². The van der Waals surface area contributed by atoms with Gasteiger partial charge in [-0.1, -0.05) is 41.5 Å². The van der Waals surface area contributed by atoms with E-state index in [-0.39, 0.29) is 11.4 Å². The molecule has 2 N–H and O–H groups in total. The summed E-state index contributed by atoms with van der Waals surface area (Å²) in [5, 5.41) is 25.2. The Bertz CT molecular complexity index is 369. The van der Waals surface area contributed by atoms with E-state index in [1.54, 1.807) is 41.5 Å². The molecule has 0 bridgehead atoms. The largest absolute Gasteiger partial charge is 0.477 e. The van der Waals surface area contributed by atoms with Gasteiger partial charge in [0.25, 0.3) is 0 Å². The molecule has 0 aromatic heterocycles. The Morgan fingerprint density at radius 2 is 0.944 bits per heavy atom. The molecule has 0 saturated heterocycles. The summed E-state index contributed by atoms with van der Waals surface area (Å²) in [6.45, 7) is 10.0. The summed E-state index contributed by atoms with van der Waals surface area (Å²) in [6.07, 6.45) is 0. The topological polar surface area (TPSA) is 99.3 Å². The van der Waals surface area contributed by atoms with Gasteiger partial charge in [0.05, 0.1) is 0 Å². The van der Waals surface area contributed by atoms with Crippen molar-refractivity contribution in [2.24, 2.45) is 21.0 Å². The minimum absolute atomic E-state index is 0.175. The molecular weight excluding hydrogens is 236 g/mol. The lowest BCUT2D eigenvalue weighted by Gasteiger charge is -2.18. The summed E-state index contributed by atoms with van der Waals surface area (Å²) in [4.78, 5) is 22.1. The molecule has 0 radical (unpaired) electrons. The van der Waals surface area contributed by atoms with Gasteiger partial charge in [0.1, 0.15) is 0 Å². The Morgan fingerprint density at radius 1 is 0.722 bits per heavy atom. The van der Waals surface area contributed by atoms with Crippen LogP contribution in [0.3, 0.4) is 0 Å². The zero-order valence-electron chi connectivity index (χ0n) is 11.6. The van der Waals surface area contributed by atoms with Crippen molar-refractivity contribution in [3.05, 3.63) is 0 Å². The maximum atomic E-state index is 11.0. The predicted octanol–water partition coefficient (Wildman–Crippen LogP) is 2.04. The highest BCUT2D eigenvalue weighted by atomic mass is 16.4. The second-order valence-electron chi connectivity index (χ2n) is 6.01. The highest BCUT2D eigenvalue weighted by Crippen LogP contribution is 2.19. The second-order valence-corrected chi connectivity index (χ2v) is 6.01. The highest BCUT2D eigenvalue weighted by Gasteiger charge is 2.28. The molecule has 0 aliphatic carbocycles. The maximum Gasteiger partial charge on any atom is 0.352 e. The number of rotatable bonds is 3. The molecule has 0 unspecified atom stereocenters. The summed E-state index contributed by atoms with van der Waals surface area (Å²) >= 11 is 0. The van der Waals surface area contributed by atoms with Crippen LogP contribution >= 0.6 is 0 Å². The normalized spacial score (nSPS) is 14.6. The van der Waals surface area contributed by atoms with Gasteiger partial charge in [-0.25, -0.2) is 9.59 Å². The van der Waals surface area contributed by atoms with Crippen molar-refractivity contribution in [1.82, 2.24) is 0 Å². The van der Waals surface area contributed by atoms with Gasteiger partial charge in [0.2, 0.25) is 0 Å². The van der Waals surface area contributed by atoms with Crippen LogP contribution in [0.15, 0.2) is 10.2 Å². The van der Waals surface area contributed by atoms with E-state index in [9.17, 15) is 9.59 Å². The van der Waals surface area contributed by atoms with E-state index in [0.29, 0.717) is 0 Å². The third kappa shape index (κ3) is 4.65. The number of carboxylic acid groups (broad SMARTS) is 2. The van der Waals surface area contributed by atoms with E-state index in [1.165, 1.54) is 0 Å². The van der Waals surface area contributed by atoms with Gasteiger partial charge in [-0.15, -0.1) is 10.2 Å². The lowest BCUT2D eigenvalue weighted by atomic mass is 9.89. The van der Waals surface area contributed by atoms with E-state index in [0.717, 1.165) is 0 Å². The predicted molar refractivity (Wildman–Crippen MR) is 69.1 cm³/mol. The maximum absolute atomic E-state index is 11.0. The average molecular weight is 256 g/mol. The molecule has 102 valence electrons. The minimum atomic E-state index is -1.20. The monoisotopic (exact) mass is 256 g/mol. The number of hydrogen-bond acceptors (Lipinski definition) is 4. The lowest BCUT2D eigenvalue weighted by Crippen LogP contribution is -2.31. The van der Waals surface area contributed by atoms with E-state index >= 15 is 0 Å². The standard InChI is InChI=1S/C12H20N2O4/c1-11(2,3)7(9(15)16)13-14-8(10(17)18)12(4,5)6/h1-6H3,(H,15,16)(H,17,18)/b13-7-,14-8+. The molecular formula is C12H20N2O4. The summed E-state index contributed by atoms with van der Waals surface area (Å²) in [7, 11) is 0. The van der Waals surface area contributed by atoms with Gasteiger partial charge in [-0.2, -0.15) is 0 Å². The van der Waals surface area contributed by atoms with Crippen molar-refractivity contribution in [3.8, 4) is 0 Å². The van der Waals surface area contributed by atoms with Crippen LogP contribution in [0.4, 0.5) is 0 Å². The van der Waals surface area contributed by atoms with Crippen molar-refractivity contribution < 1.29 is 19.8 Å². The molecule has 0 fully saturated rings. The fourth-order valence-corrected chi connectivity index (χ4v) is 1.13. The Hall–Kier alpha value is -1.72. The first kappa shape index (κ1) is 16.3. The zero-order chi connectivity index (χ0) is 14.7. The number of hydrogen-bond donors (Lipinski definition) is 2. The van der Waals surface area contributed by atoms with Gasteiger partial charge in [0, 0.05) is 10.8 Å². The van der Waals surface area contributed by atoms with Gasteiger partial charge >= 0.3 is 11.9 Å². The highest BCUT2D eigenvalue weighted by molar-refractivity contribution is 6.39. The molecule has 0 aromatic rings. The van der Waals surface area contributed by atoms with Crippen LogP contribution < -0.4 is 0 Å². The third-order valence-corrected chi connectivity index (χ3v) is 2.08. The zero-order valence-corrected chi connectivity index (χ0v) is 11.6. The SMILES string of the molecule is CC(C)(C)/C(=N/N=C(/C(=O)O)C(C)(C)C)C(=O)O. The van der Waals surface area contributed by atoms with Crippen molar-refractivity contribution in [3.63, 3.8) is 0 Å². The second kappa shape index (κ2) is 5.29. The van der Waals surface area contributed by atoms with Crippen molar-refractivity contribution in [2.75, 3.05) is 0 Å². The van der Waals surface area contributed by atoms with Gasteiger partial charge in [-0.3, -0.25) is 0 Å². The number of aliphatic carboxylic acids is 2. The summed E-state index contributed by atoms with van der Waals surface area (Å²) in [5.41, 5.74) is -1.77. The number of nitrogens with zero attached hydrogens (tertiary/aromatic N) is 2. The first-order chi connectivity index (χ1) is 7.87. The fraction of sp³-hybridized carbons (Fsp3) is 0.667. The molecule has 0 aliphatic heterocycles. The lowest BCUT2D eigenvalue weighted by molar-refractivity contribution is -0.131. The van der Waals surface area contributed by atoms with E-state index in [2.05, 4.69) is 10.2 Å².